The maximum Gasteiger partial charge on any atom is 0.0672 e. The molecule has 102 valence electrons. The van der Waals surface area contributed by atoms with Crippen molar-refractivity contribution in [1.82, 2.24) is 4.90 Å². The van der Waals surface area contributed by atoms with Gasteiger partial charge in [-0.05, 0) is 25.7 Å². The molecule has 2 unspecified atom stereocenters. The van der Waals surface area contributed by atoms with Crippen LogP contribution in [0.15, 0.2) is 0 Å². The van der Waals surface area contributed by atoms with E-state index in [4.69, 9.17) is 0 Å². The van der Waals surface area contributed by atoms with E-state index in [2.05, 4.69) is 11.0 Å². The van der Waals surface area contributed by atoms with Crippen LogP contribution in [-0.4, -0.2) is 35.2 Å². The fourth-order valence-corrected chi connectivity index (χ4v) is 3.81. The molecule has 2 rings (SSSR count). The first-order valence-corrected chi connectivity index (χ1v) is 7.63. The molecule has 0 radical (unpaired) electrons. The van der Waals surface area contributed by atoms with Crippen molar-refractivity contribution in [3.05, 3.63) is 0 Å². The Kier molecular flexibility index (Phi) is 5.46. The molecular formula is C15H26N2O. The van der Waals surface area contributed by atoms with E-state index in [0.29, 0.717) is 12.1 Å². The average Bonchev–Trinajstić information content (AvgIpc) is 2.46. The van der Waals surface area contributed by atoms with Crippen molar-refractivity contribution < 1.29 is 5.11 Å². The van der Waals surface area contributed by atoms with Gasteiger partial charge in [0.1, 0.15) is 0 Å². The lowest BCUT2D eigenvalue weighted by Crippen LogP contribution is -2.49. The number of aliphatic hydroxyl groups excluding tert-OH is 1. The summed E-state index contributed by atoms with van der Waals surface area (Å²) < 4.78 is 0. The fourth-order valence-electron chi connectivity index (χ4n) is 3.81. The number of nitriles is 1. The van der Waals surface area contributed by atoms with Crippen molar-refractivity contribution >= 4 is 0 Å². The number of rotatable bonds is 4. The lowest BCUT2D eigenvalue weighted by atomic mass is 9.82. The smallest absolute Gasteiger partial charge is 0.0672 e. The highest BCUT2D eigenvalue weighted by Gasteiger charge is 2.34. The van der Waals surface area contributed by atoms with Crippen LogP contribution in [-0.2, 0) is 0 Å². The third-order valence-electron chi connectivity index (χ3n) is 4.72. The van der Waals surface area contributed by atoms with Crippen LogP contribution in [0.3, 0.4) is 0 Å². The van der Waals surface area contributed by atoms with E-state index in [0.717, 1.165) is 19.4 Å². The van der Waals surface area contributed by atoms with E-state index >= 15 is 0 Å². The Labute approximate surface area is 111 Å². The molecule has 0 spiro atoms. The average molecular weight is 250 g/mol. The van der Waals surface area contributed by atoms with Gasteiger partial charge < -0.3 is 5.11 Å². The van der Waals surface area contributed by atoms with Gasteiger partial charge in [-0.25, -0.2) is 0 Å². The first-order chi connectivity index (χ1) is 8.86. The van der Waals surface area contributed by atoms with Gasteiger partial charge in [0.05, 0.1) is 18.6 Å². The molecule has 0 aromatic heterocycles. The Balaban J connectivity index is 2.04. The van der Waals surface area contributed by atoms with Gasteiger partial charge in [-0.2, -0.15) is 5.26 Å². The van der Waals surface area contributed by atoms with Crippen LogP contribution in [0.25, 0.3) is 0 Å². The number of hydrogen-bond acceptors (Lipinski definition) is 3. The summed E-state index contributed by atoms with van der Waals surface area (Å²) in [5.41, 5.74) is 0. The van der Waals surface area contributed by atoms with Crippen LogP contribution in [0.1, 0.15) is 57.8 Å². The zero-order valence-electron chi connectivity index (χ0n) is 11.4. The summed E-state index contributed by atoms with van der Waals surface area (Å²) in [5, 5.41) is 18.7. The first-order valence-electron chi connectivity index (χ1n) is 7.63. The van der Waals surface area contributed by atoms with Gasteiger partial charge in [-0.15, -0.1) is 0 Å². The Bertz CT molecular complexity index is 281. The van der Waals surface area contributed by atoms with Crippen LogP contribution in [0, 0.1) is 17.2 Å². The Morgan fingerprint density at radius 1 is 1.00 bits per heavy atom. The van der Waals surface area contributed by atoms with Gasteiger partial charge >= 0.3 is 0 Å². The van der Waals surface area contributed by atoms with Gasteiger partial charge in [-0.1, -0.05) is 32.1 Å². The van der Waals surface area contributed by atoms with Crippen LogP contribution < -0.4 is 0 Å². The van der Waals surface area contributed by atoms with Gasteiger partial charge in [-0.3, -0.25) is 4.90 Å². The van der Waals surface area contributed by atoms with Crippen LogP contribution in [0.5, 0.6) is 0 Å². The predicted octanol–water partition coefficient (Wildman–Crippen LogP) is 2.70. The molecule has 0 heterocycles. The summed E-state index contributed by atoms with van der Waals surface area (Å²) in [6.45, 7) is 0.985. The second-order valence-corrected chi connectivity index (χ2v) is 5.84. The molecule has 0 amide bonds. The minimum atomic E-state index is 0.187. The standard InChI is InChI=1S/C15H26N2O/c16-12-13-6-4-5-9-15(13)17(10-11-18)14-7-2-1-3-8-14/h13-15,18H,1-11H2. The Morgan fingerprint density at radius 2 is 1.67 bits per heavy atom. The summed E-state index contributed by atoms with van der Waals surface area (Å²) in [4.78, 5) is 2.48. The van der Waals surface area contributed by atoms with Crippen molar-refractivity contribution in [3.63, 3.8) is 0 Å². The van der Waals surface area contributed by atoms with E-state index in [1.54, 1.807) is 0 Å². The zero-order valence-corrected chi connectivity index (χ0v) is 11.4. The number of aliphatic hydroxyl groups is 1. The number of nitrogens with zero attached hydrogens (tertiary/aromatic N) is 2. The molecule has 2 fully saturated rings. The molecular weight excluding hydrogens is 224 g/mol. The van der Waals surface area contributed by atoms with Crippen LogP contribution in [0.2, 0.25) is 0 Å². The number of hydrogen-bond donors (Lipinski definition) is 1. The monoisotopic (exact) mass is 250 g/mol. The molecule has 0 aromatic rings. The molecule has 0 aliphatic heterocycles. The van der Waals surface area contributed by atoms with E-state index in [-0.39, 0.29) is 12.5 Å². The molecule has 3 nitrogen and oxygen atoms in total. The van der Waals surface area contributed by atoms with E-state index in [1.165, 1.54) is 44.9 Å². The molecule has 2 saturated carbocycles. The topological polar surface area (TPSA) is 47.3 Å². The molecule has 18 heavy (non-hydrogen) atoms. The van der Waals surface area contributed by atoms with E-state index < -0.39 is 0 Å². The molecule has 3 heteroatoms. The van der Waals surface area contributed by atoms with Crippen molar-refractivity contribution in [2.24, 2.45) is 5.92 Å². The van der Waals surface area contributed by atoms with Crippen molar-refractivity contribution in [3.8, 4) is 6.07 Å². The largest absolute Gasteiger partial charge is 0.395 e. The third-order valence-corrected chi connectivity index (χ3v) is 4.72. The third kappa shape index (κ3) is 3.24. The molecule has 0 aromatic carbocycles. The van der Waals surface area contributed by atoms with Gasteiger partial charge in [0.15, 0.2) is 0 Å². The molecule has 2 atom stereocenters. The zero-order chi connectivity index (χ0) is 12.8. The van der Waals surface area contributed by atoms with Crippen molar-refractivity contribution in [2.75, 3.05) is 13.2 Å². The summed E-state index contributed by atoms with van der Waals surface area (Å²) in [7, 11) is 0. The lowest BCUT2D eigenvalue weighted by molar-refractivity contribution is 0.0456. The maximum atomic E-state index is 9.34. The Hall–Kier alpha value is -0.590. The summed E-state index contributed by atoms with van der Waals surface area (Å²) in [6, 6.07) is 3.53. The highest BCUT2D eigenvalue weighted by atomic mass is 16.3. The first kappa shape index (κ1) is 13.8. The van der Waals surface area contributed by atoms with Crippen LogP contribution in [0.4, 0.5) is 0 Å². The summed E-state index contributed by atoms with van der Waals surface area (Å²) in [5.74, 6) is 0.187. The molecule has 0 bridgehead atoms. The summed E-state index contributed by atoms with van der Waals surface area (Å²) in [6.07, 6.45) is 11.2. The normalized spacial score (nSPS) is 30.3. The van der Waals surface area contributed by atoms with Crippen LogP contribution >= 0.6 is 0 Å². The highest BCUT2D eigenvalue weighted by molar-refractivity contribution is 4.97. The predicted molar refractivity (Wildman–Crippen MR) is 72.0 cm³/mol. The van der Waals surface area contributed by atoms with Gasteiger partial charge in [0, 0.05) is 18.6 Å². The highest BCUT2D eigenvalue weighted by Crippen LogP contribution is 2.32. The molecule has 2 aliphatic carbocycles. The van der Waals surface area contributed by atoms with Crippen molar-refractivity contribution in [1.29, 1.82) is 5.26 Å². The van der Waals surface area contributed by atoms with Gasteiger partial charge in [0.25, 0.3) is 0 Å². The Morgan fingerprint density at radius 3 is 2.33 bits per heavy atom. The SMILES string of the molecule is N#CC1CCCCC1N(CCO)C1CCCCC1. The fraction of sp³-hybridized carbons (Fsp3) is 0.933. The van der Waals surface area contributed by atoms with E-state index in [9.17, 15) is 10.4 Å². The summed E-state index contributed by atoms with van der Waals surface area (Å²) >= 11 is 0. The minimum absolute atomic E-state index is 0.187. The molecule has 0 saturated heterocycles. The molecule has 1 N–H and O–H groups in total. The quantitative estimate of drug-likeness (QED) is 0.834. The maximum absolute atomic E-state index is 9.34. The van der Waals surface area contributed by atoms with Crippen molar-refractivity contribution in [2.45, 2.75) is 69.9 Å². The van der Waals surface area contributed by atoms with Gasteiger partial charge in [0.2, 0.25) is 0 Å². The lowest BCUT2D eigenvalue weighted by Gasteiger charge is -2.43. The van der Waals surface area contributed by atoms with E-state index in [1.807, 2.05) is 0 Å². The molecule has 2 aliphatic rings. The minimum Gasteiger partial charge on any atom is -0.395 e. The second-order valence-electron chi connectivity index (χ2n) is 5.84. The second kappa shape index (κ2) is 7.11.